The molecular weight excluding hydrogens is 294 g/mol. The molecule has 0 radical (unpaired) electrons. The molecule has 0 heterocycles. The molecule has 5 heteroatoms. The van der Waals surface area contributed by atoms with Crippen molar-refractivity contribution < 1.29 is 8.42 Å². The third-order valence-corrected chi connectivity index (χ3v) is 6.23. The van der Waals surface area contributed by atoms with Crippen LogP contribution in [0.1, 0.15) is 26.3 Å². The summed E-state index contributed by atoms with van der Waals surface area (Å²) in [5.41, 5.74) is 1.20. The summed E-state index contributed by atoms with van der Waals surface area (Å²) in [6.07, 6.45) is 0.805. The molecule has 0 fully saturated rings. The van der Waals surface area contributed by atoms with Crippen molar-refractivity contribution in [2.75, 3.05) is 18.2 Å². The number of rotatable bonds is 7. The smallest absolute Gasteiger partial charge is 0.156 e. The van der Waals surface area contributed by atoms with Crippen LogP contribution in [0.15, 0.2) is 30.3 Å². The molecule has 3 nitrogen and oxygen atoms in total. The standard InChI is InChI=1S/C15H24ClNO2S/c1-15(2,3)20(18,19)10-9-17-14(12-16)11-13-7-5-4-6-8-13/h4-8,14,17H,9-12H2,1-3H3. The summed E-state index contributed by atoms with van der Waals surface area (Å²) >= 11 is 5.95. The number of alkyl halides is 1. The Labute approximate surface area is 127 Å². The normalized spacial score (nSPS) is 14.2. The average molecular weight is 318 g/mol. The molecule has 1 rings (SSSR count). The van der Waals surface area contributed by atoms with Crippen LogP contribution in [0.5, 0.6) is 0 Å². The molecule has 1 aromatic carbocycles. The number of nitrogens with one attached hydrogen (secondary N) is 1. The van der Waals surface area contributed by atoms with Crippen LogP contribution < -0.4 is 5.32 Å². The van der Waals surface area contributed by atoms with Gasteiger partial charge in [-0.1, -0.05) is 30.3 Å². The second-order valence-electron chi connectivity index (χ2n) is 5.93. The van der Waals surface area contributed by atoms with Crippen LogP contribution in [0.3, 0.4) is 0 Å². The van der Waals surface area contributed by atoms with Crippen LogP contribution in [0.2, 0.25) is 0 Å². The molecule has 20 heavy (non-hydrogen) atoms. The van der Waals surface area contributed by atoms with Crippen molar-refractivity contribution >= 4 is 21.4 Å². The van der Waals surface area contributed by atoms with Crippen LogP contribution in [-0.4, -0.2) is 37.4 Å². The molecule has 0 aliphatic rings. The predicted molar refractivity (Wildman–Crippen MR) is 86.2 cm³/mol. The van der Waals surface area contributed by atoms with E-state index in [4.69, 9.17) is 11.6 Å². The fraction of sp³-hybridized carbons (Fsp3) is 0.600. The van der Waals surface area contributed by atoms with Gasteiger partial charge in [-0.2, -0.15) is 0 Å². The van der Waals surface area contributed by atoms with Crippen molar-refractivity contribution in [2.45, 2.75) is 38.0 Å². The lowest BCUT2D eigenvalue weighted by Crippen LogP contribution is -2.39. The Balaban J connectivity index is 2.47. The molecule has 0 aliphatic carbocycles. The zero-order valence-corrected chi connectivity index (χ0v) is 14.0. The second-order valence-corrected chi connectivity index (χ2v) is 9.10. The van der Waals surface area contributed by atoms with Gasteiger partial charge in [0.1, 0.15) is 0 Å². The minimum atomic E-state index is -3.08. The van der Waals surface area contributed by atoms with Crippen molar-refractivity contribution in [3.05, 3.63) is 35.9 Å². The molecule has 0 spiro atoms. The lowest BCUT2D eigenvalue weighted by Gasteiger charge is -2.21. The lowest BCUT2D eigenvalue weighted by molar-refractivity contribution is 0.540. The monoisotopic (exact) mass is 317 g/mol. The Morgan fingerprint density at radius 2 is 1.80 bits per heavy atom. The molecule has 1 aromatic rings. The van der Waals surface area contributed by atoms with Gasteiger partial charge in [0.2, 0.25) is 0 Å². The van der Waals surface area contributed by atoms with Crippen LogP contribution in [0.25, 0.3) is 0 Å². The van der Waals surface area contributed by atoms with Gasteiger partial charge in [0, 0.05) is 18.5 Å². The van der Waals surface area contributed by atoms with Crippen LogP contribution in [0.4, 0.5) is 0 Å². The maximum atomic E-state index is 12.0. The number of sulfone groups is 1. The summed E-state index contributed by atoms with van der Waals surface area (Å²) in [6.45, 7) is 5.62. The summed E-state index contributed by atoms with van der Waals surface area (Å²) in [5, 5.41) is 3.23. The molecule has 1 N–H and O–H groups in total. The van der Waals surface area contributed by atoms with Crippen LogP contribution in [0, 0.1) is 0 Å². The summed E-state index contributed by atoms with van der Waals surface area (Å²) in [7, 11) is -3.08. The summed E-state index contributed by atoms with van der Waals surface area (Å²) < 4.78 is 23.3. The third kappa shape index (κ3) is 5.43. The highest BCUT2D eigenvalue weighted by atomic mass is 35.5. The van der Waals surface area contributed by atoms with E-state index in [1.54, 1.807) is 20.8 Å². The second kappa shape index (κ2) is 7.43. The van der Waals surface area contributed by atoms with Crippen LogP contribution in [-0.2, 0) is 16.3 Å². The van der Waals surface area contributed by atoms with E-state index in [1.165, 1.54) is 5.56 Å². The Morgan fingerprint density at radius 1 is 1.20 bits per heavy atom. The zero-order valence-electron chi connectivity index (χ0n) is 12.4. The van der Waals surface area contributed by atoms with Crippen molar-refractivity contribution in [3.8, 4) is 0 Å². The third-order valence-electron chi connectivity index (χ3n) is 3.25. The minimum absolute atomic E-state index is 0.0919. The number of hydrogen-bond donors (Lipinski definition) is 1. The van der Waals surface area contributed by atoms with Gasteiger partial charge in [0.25, 0.3) is 0 Å². The van der Waals surface area contributed by atoms with E-state index in [-0.39, 0.29) is 11.8 Å². The van der Waals surface area contributed by atoms with Gasteiger partial charge in [-0.05, 0) is 32.8 Å². The Bertz CT molecular complexity index is 494. The fourth-order valence-corrected chi connectivity index (χ4v) is 3.00. The topological polar surface area (TPSA) is 46.2 Å². The Kier molecular flexibility index (Phi) is 6.49. The van der Waals surface area contributed by atoms with Gasteiger partial charge in [-0.3, -0.25) is 0 Å². The molecule has 0 aliphatic heterocycles. The fourth-order valence-electron chi connectivity index (χ4n) is 1.78. The number of hydrogen-bond acceptors (Lipinski definition) is 3. The van der Waals surface area contributed by atoms with Crippen molar-refractivity contribution in [2.24, 2.45) is 0 Å². The molecule has 0 bridgehead atoms. The summed E-state index contributed by atoms with van der Waals surface area (Å²) in [5.74, 6) is 0.600. The predicted octanol–water partition coefficient (Wildman–Crippen LogP) is 2.64. The number of benzene rings is 1. The first-order valence-corrected chi connectivity index (χ1v) is 9.00. The maximum Gasteiger partial charge on any atom is 0.156 e. The lowest BCUT2D eigenvalue weighted by atomic mass is 10.1. The average Bonchev–Trinajstić information content (AvgIpc) is 2.37. The molecular formula is C15H24ClNO2S. The van der Waals surface area contributed by atoms with Gasteiger partial charge in [0.15, 0.2) is 9.84 Å². The van der Waals surface area contributed by atoms with Gasteiger partial charge < -0.3 is 5.32 Å². The van der Waals surface area contributed by atoms with E-state index >= 15 is 0 Å². The Morgan fingerprint density at radius 3 is 2.30 bits per heavy atom. The maximum absolute atomic E-state index is 12.0. The first kappa shape index (κ1) is 17.5. The Hall–Kier alpha value is -0.580. The van der Waals surface area contributed by atoms with Crippen LogP contribution >= 0.6 is 11.6 Å². The van der Waals surface area contributed by atoms with Crippen molar-refractivity contribution in [1.82, 2.24) is 5.32 Å². The van der Waals surface area contributed by atoms with Gasteiger partial charge in [-0.15, -0.1) is 11.6 Å². The van der Waals surface area contributed by atoms with E-state index in [2.05, 4.69) is 5.32 Å². The van der Waals surface area contributed by atoms with Crippen molar-refractivity contribution in [1.29, 1.82) is 0 Å². The van der Waals surface area contributed by atoms with E-state index < -0.39 is 14.6 Å². The zero-order chi connectivity index (χ0) is 15.2. The minimum Gasteiger partial charge on any atom is -0.311 e. The van der Waals surface area contributed by atoms with Gasteiger partial charge in [-0.25, -0.2) is 8.42 Å². The molecule has 1 atom stereocenters. The SMILES string of the molecule is CC(C)(C)S(=O)(=O)CCNC(CCl)Cc1ccccc1. The molecule has 1 unspecified atom stereocenters. The number of halogens is 1. The highest BCUT2D eigenvalue weighted by molar-refractivity contribution is 7.92. The molecule has 114 valence electrons. The molecule has 0 aromatic heterocycles. The first-order valence-electron chi connectivity index (χ1n) is 6.82. The summed E-state index contributed by atoms with van der Waals surface area (Å²) in [4.78, 5) is 0. The van der Waals surface area contributed by atoms with E-state index in [1.807, 2.05) is 30.3 Å². The molecule has 0 saturated heterocycles. The van der Waals surface area contributed by atoms with E-state index in [9.17, 15) is 8.42 Å². The van der Waals surface area contributed by atoms with E-state index in [0.29, 0.717) is 12.4 Å². The highest BCUT2D eigenvalue weighted by Gasteiger charge is 2.28. The highest BCUT2D eigenvalue weighted by Crippen LogP contribution is 2.15. The molecule has 0 amide bonds. The van der Waals surface area contributed by atoms with Gasteiger partial charge in [0.05, 0.1) is 10.5 Å². The van der Waals surface area contributed by atoms with E-state index in [0.717, 1.165) is 6.42 Å². The first-order chi connectivity index (χ1) is 9.26. The van der Waals surface area contributed by atoms with Crippen molar-refractivity contribution in [3.63, 3.8) is 0 Å². The van der Waals surface area contributed by atoms with Gasteiger partial charge >= 0.3 is 0 Å². The largest absolute Gasteiger partial charge is 0.311 e. The summed E-state index contributed by atoms with van der Waals surface area (Å²) in [6, 6.07) is 10.1. The molecule has 0 saturated carbocycles. The quantitative estimate of drug-likeness (QED) is 0.786.